The minimum absolute atomic E-state index is 0.0190. The second-order valence-electron chi connectivity index (χ2n) is 5.89. The molecule has 0 aromatic heterocycles. The maximum absolute atomic E-state index is 12.4. The molecule has 0 aromatic rings. The summed E-state index contributed by atoms with van der Waals surface area (Å²) in [7, 11) is 1.52. The zero-order valence-corrected chi connectivity index (χ0v) is 13.2. The molecular formula is C15H27NO5. The minimum atomic E-state index is -1.03. The second-order valence-corrected chi connectivity index (χ2v) is 5.89. The second kappa shape index (κ2) is 7.75. The molecule has 6 nitrogen and oxygen atoms in total. The third kappa shape index (κ3) is 4.68. The molecule has 2 N–H and O–H groups in total. The maximum Gasteiger partial charge on any atom is 0.326 e. The van der Waals surface area contributed by atoms with Crippen molar-refractivity contribution in [1.82, 2.24) is 4.90 Å². The molecule has 1 fully saturated rings. The van der Waals surface area contributed by atoms with Crippen molar-refractivity contribution in [3.05, 3.63) is 0 Å². The van der Waals surface area contributed by atoms with Crippen molar-refractivity contribution in [2.24, 2.45) is 0 Å². The number of ether oxygens (including phenoxy) is 1. The van der Waals surface area contributed by atoms with Crippen LogP contribution in [0, 0.1) is 0 Å². The molecule has 0 aromatic carbocycles. The van der Waals surface area contributed by atoms with E-state index in [-0.39, 0.29) is 25.0 Å². The van der Waals surface area contributed by atoms with E-state index >= 15 is 0 Å². The van der Waals surface area contributed by atoms with Crippen LogP contribution in [0.4, 0.5) is 0 Å². The standard InChI is InChI=1S/C15H27NO5/c1-4-6-15(20,7-5-2)9-13(17)16-10-11(21-3)8-12(16)14(18)19/h11-12,20H,4-10H2,1-3H3,(H,18,19). The molecule has 0 spiro atoms. The van der Waals surface area contributed by atoms with Gasteiger partial charge in [0.15, 0.2) is 0 Å². The van der Waals surface area contributed by atoms with Gasteiger partial charge < -0.3 is 19.8 Å². The summed E-state index contributed by atoms with van der Waals surface area (Å²) < 4.78 is 5.18. The molecule has 0 radical (unpaired) electrons. The van der Waals surface area contributed by atoms with Crippen LogP contribution >= 0.6 is 0 Å². The molecular weight excluding hydrogens is 274 g/mol. The van der Waals surface area contributed by atoms with E-state index < -0.39 is 17.6 Å². The lowest BCUT2D eigenvalue weighted by molar-refractivity contribution is -0.150. The predicted octanol–water partition coefficient (Wildman–Crippen LogP) is 1.41. The number of amides is 1. The summed E-state index contributed by atoms with van der Waals surface area (Å²) in [6.07, 6.45) is 2.70. The fourth-order valence-electron chi connectivity index (χ4n) is 3.09. The van der Waals surface area contributed by atoms with Gasteiger partial charge >= 0.3 is 5.97 Å². The Labute approximate surface area is 126 Å². The molecule has 0 aliphatic carbocycles. The van der Waals surface area contributed by atoms with Gasteiger partial charge in [0.25, 0.3) is 0 Å². The van der Waals surface area contributed by atoms with E-state index in [9.17, 15) is 19.8 Å². The number of likely N-dealkylation sites (tertiary alicyclic amines) is 1. The third-order valence-electron chi connectivity index (χ3n) is 4.11. The number of rotatable bonds is 8. The molecule has 1 amide bonds. The summed E-state index contributed by atoms with van der Waals surface area (Å²) in [5, 5.41) is 19.8. The van der Waals surface area contributed by atoms with Crippen LogP contribution in [0.25, 0.3) is 0 Å². The smallest absolute Gasteiger partial charge is 0.326 e. The highest BCUT2D eigenvalue weighted by atomic mass is 16.5. The summed E-state index contributed by atoms with van der Waals surface area (Å²) >= 11 is 0. The Morgan fingerprint density at radius 2 is 1.86 bits per heavy atom. The fourth-order valence-corrected chi connectivity index (χ4v) is 3.09. The monoisotopic (exact) mass is 301 g/mol. The van der Waals surface area contributed by atoms with Gasteiger partial charge in [-0.1, -0.05) is 26.7 Å². The first-order valence-electron chi connectivity index (χ1n) is 7.64. The van der Waals surface area contributed by atoms with E-state index in [0.29, 0.717) is 19.3 Å². The van der Waals surface area contributed by atoms with E-state index in [1.54, 1.807) is 0 Å². The number of hydrogen-bond acceptors (Lipinski definition) is 4. The lowest BCUT2D eigenvalue weighted by Crippen LogP contribution is -2.44. The van der Waals surface area contributed by atoms with Crippen molar-refractivity contribution >= 4 is 11.9 Å². The molecule has 1 heterocycles. The van der Waals surface area contributed by atoms with Crippen LogP contribution in [0.5, 0.6) is 0 Å². The molecule has 0 bridgehead atoms. The highest BCUT2D eigenvalue weighted by Crippen LogP contribution is 2.28. The molecule has 0 saturated carbocycles. The number of carboxylic acids is 1. The first-order chi connectivity index (χ1) is 9.86. The van der Waals surface area contributed by atoms with Gasteiger partial charge in [-0.2, -0.15) is 0 Å². The van der Waals surface area contributed by atoms with Crippen molar-refractivity contribution in [1.29, 1.82) is 0 Å². The number of aliphatic carboxylic acids is 1. The van der Waals surface area contributed by atoms with Crippen LogP contribution in [-0.4, -0.2) is 58.4 Å². The van der Waals surface area contributed by atoms with Gasteiger partial charge in [-0.3, -0.25) is 4.79 Å². The van der Waals surface area contributed by atoms with E-state index in [1.807, 2.05) is 13.8 Å². The Morgan fingerprint density at radius 1 is 1.29 bits per heavy atom. The van der Waals surface area contributed by atoms with Crippen molar-refractivity contribution in [2.75, 3.05) is 13.7 Å². The lowest BCUT2D eigenvalue weighted by atomic mass is 9.88. The Morgan fingerprint density at radius 3 is 2.29 bits per heavy atom. The number of methoxy groups -OCH3 is 1. The summed E-state index contributed by atoms with van der Waals surface area (Å²) in [4.78, 5) is 25.1. The molecule has 21 heavy (non-hydrogen) atoms. The highest BCUT2D eigenvalue weighted by Gasteiger charge is 2.41. The highest BCUT2D eigenvalue weighted by molar-refractivity contribution is 5.85. The van der Waals surface area contributed by atoms with Crippen LogP contribution in [-0.2, 0) is 14.3 Å². The van der Waals surface area contributed by atoms with Gasteiger partial charge in [0.05, 0.1) is 18.1 Å². The van der Waals surface area contributed by atoms with Crippen LogP contribution in [0.2, 0.25) is 0 Å². The molecule has 1 aliphatic heterocycles. The average molecular weight is 301 g/mol. The van der Waals surface area contributed by atoms with Crippen LogP contribution < -0.4 is 0 Å². The number of aliphatic hydroxyl groups is 1. The topological polar surface area (TPSA) is 87.1 Å². The summed E-state index contributed by atoms with van der Waals surface area (Å²) in [6, 6.07) is -0.852. The van der Waals surface area contributed by atoms with Crippen LogP contribution in [0.15, 0.2) is 0 Å². The summed E-state index contributed by atoms with van der Waals surface area (Å²) in [5.41, 5.74) is -1.03. The SMILES string of the molecule is CCCC(O)(CCC)CC(=O)N1CC(OC)CC1C(=O)O. The molecule has 2 unspecified atom stereocenters. The van der Waals surface area contributed by atoms with Gasteiger partial charge in [-0.05, 0) is 12.8 Å². The largest absolute Gasteiger partial charge is 0.480 e. The molecule has 1 saturated heterocycles. The van der Waals surface area contributed by atoms with E-state index in [4.69, 9.17) is 4.74 Å². The van der Waals surface area contributed by atoms with Gasteiger partial charge in [-0.25, -0.2) is 4.79 Å². The third-order valence-corrected chi connectivity index (χ3v) is 4.11. The number of nitrogens with zero attached hydrogens (tertiary/aromatic N) is 1. The van der Waals surface area contributed by atoms with Crippen molar-refractivity contribution in [2.45, 2.75) is 70.1 Å². The molecule has 6 heteroatoms. The Kier molecular flexibility index (Phi) is 6.61. The van der Waals surface area contributed by atoms with E-state index in [2.05, 4.69) is 0 Å². The van der Waals surface area contributed by atoms with Crippen molar-refractivity contribution < 1.29 is 24.5 Å². The predicted molar refractivity (Wildman–Crippen MR) is 77.9 cm³/mol. The number of carbonyl (C=O) groups is 2. The number of carbonyl (C=O) groups excluding carboxylic acids is 1. The Hall–Kier alpha value is -1.14. The first-order valence-corrected chi connectivity index (χ1v) is 7.64. The lowest BCUT2D eigenvalue weighted by Gasteiger charge is -2.30. The van der Waals surface area contributed by atoms with Gasteiger partial charge in [0, 0.05) is 20.1 Å². The van der Waals surface area contributed by atoms with Crippen molar-refractivity contribution in [3.8, 4) is 0 Å². The normalized spacial score (nSPS) is 22.6. The van der Waals surface area contributed by atoms with E-state index in [0.717, 1.165) is 12.8 Å². The van der Waals surface area contributed by atoms with Gasteiger partial charge in [-0.15, -0.1) is 0 Å². The van der Waals surface area contributed by atoms with Crippen LogP contribution in [0.1, 0.15) is 52.4 Å². The fraction of sp³-hybridized carbons (Fsp3) is 0.867. The zero-order valence-electron chi connectivity index (χ0n) is 13.2. The Balaban J connectivity index is 2.78. The van der Waals surface area contributed by atoms with E-state index in [1.165, 1.54) is 12.0 Å². The van der Waals surface area contributed by atoms with Crippen LogP contribution in [0.3, 0.4) is 0 Å². The summed E-state index contributed by atoms with van der Waals surface area (Å²) in [6.45, 7) is 4.20. The Bertz CT molecular complexity index is 365. The van der Waals surface area contributed by atoms with Crippen molar-refractivity contribution in [3.63, 3.8) is 0 Å². The zero-order chi connectivity index (χ0) is 16.0. The molecule has 1 rings (SSSR count). The first kappa shape index (κ1) is 17.9. The number of hydrogen-bond donors (Lipinski definition) is 2. The van der Waals surface area contributed by atoms with Gasteiger partial charge in [0.2, 0.25) is 5.91 Å². The molecule has 1 aliphatic rings. The molecule has 2 atom stereocenters. The number of carboxylic acid groups (broad SMARTS) is 1. The quantitative estimate of drug-likeness (QED) is 0.708. The summed E-state index contributed by atoms with van der Waals surface area (Å²) in [5.74, 6) is -1.32. The molecule has 122 valence electrons. The average Bonchev–Trinajstić information content (AvgIpc) is 2.83. The van der Waals surface area contributed by atoms with Gasteiger partial charge in [0.1, 0.15) is 6.04 Å². The maximum atomic E-state index is 12.4. The minimum Gasteiger partial charge on any atom is -0.480 e.